The van der Waals surface area contributed by atoms with Crippen molar-refractivity contribution in [1.29, 1.82) is 0 Å². The van der Waals surface area contributed by atoms with Crippen molar-refractivity contribution in [2.75, 3.05) is 0 Å². The summed E-state index contributed by atoms with van der Waals surface area (Å²) in [4.78, 5) is 21.4. The number of imidazole rings is 2. The van der Waals surface area contributed by atoms with Gasteiger partial charge >= 0.3 is 5.97 Å². The zero-order chi connectivity index (χ0) is 9.97. The Labute approximate surface area is 79.2 Å². The number of hydrogen-bond acceptors (Lipinski definition) is 3. The Bertz CT molecular complexity index is 432. The zero-order valence-electron chi connectivity index (χ0n) is 7.21. The number of nitrogens with zero attached hydrogens (tertiary/aromatic N) is 3. The summed E-state index contributed by atoms with van der Waals surface area (Å²) in [6.07, 6.45) is 6.40. The lowest BCUT2D eigenvalue weighted by molar-refractivity contribution is -0.137. The third-order valence-corrected chi connectivity index (χ3v) is 1.73. The van der Waals surface area contributed by atoms with Crippen LogP contribution in [0.5, 0.6) is 0 Å². The van der Waals surface area contributed by atoms with Crippen LogP contribution in [0.25, 0.3) is 11.6 Å². The lowest BCUT2D eigenvalue weighted by Crippen LogP contribution is -2.09. The van der Waals surface area contributed by atoms with Crippen LogP contribution >= 0.6 is 0 Å². The minimum Gasteiger partial charge on any atom is -0.480 e. The molecule has 6 nitrogen and oxygen atoms in total. The monoisotopic (exact) mass is 192 g/mol. The molecule has 0 saturated carbocycles. The maximum atomic E-state index is 10.5. The molecule has 0 aliphatic rings. The van der Waals surface area contributed by atoms with Gasteiger partial charge in [-0.3, -0.25) is 4.79 Å². The lowest BCUT2D eigenvalue weighted by Gasteiger charge is -2.01. The van der Waals surface area contributed by atoms with Crippen molar-refractivity contribution in [3.63, 3.8) is 0 Å². The van der Waals surface area contributed by atoms with Crippen LogP contribution in [-0.2, 0) is 11.3 Å². The summed E-state index contributed by atoms with van der Waals surface area (Å²) in [6, 6.07) is 0. The Morgan fingerprint density at radius 1 is 1.50 bits per heavy atom. The number of aliphatic carboxylic acids is 1. The Balaban J connectivity index is 2.35. The van der Waals surface area contributed by atoms with Crippen LogP contribution in [0.1, 0.15) is 0 Å². The third-order valence-electron chi connectivity index (χ3n) is 1.73. The molecule has 0 aromatic carbocycles. The van der Waals surface area contributed by atoms with Gasteiger partial charge in [0, 0.05) is 24.8 Å². The molecular formula is C8H8N4O2. The van der Waals surface area contributed by atoms with Gasteiger partial charge in [-0.25, -0.2) is 9.97 Å². The van der Waals surface area contributed by atoms with E-state index in [2.05, 4.69) is 15.0 Å². The van der Waals surface area contributed by atoms with E-state index in [1.165, 1.54) is 4.57 Å². The van der Waals surface area contributed by atoms with Crippen LogP contribution in [0.15, 0.2) is 24.8 Å². The number of rotatable bonds is 3. The summed E-state index contributed by atoms with van der Waals surface area (Å²) in [5.41, 5.74) is 0. The summed E-state index contributed by atoms with van der Waals surface area (Å²) in [6.45, 7) is -0.115. The van der Waals surface area contributed by atoms with Gasteiger partial charge in [-0.2, -0.15) is 0 Å². The van der Waals surface area contributed by atoms with E-state index in [0.717, 1.165) is 0 Å². The predicted octanol–water partition coefficient (Wildman–Crippen LogP) is 0.358. The molecule has 0 atom stereocenters. The molecule has 2 aromatic rings. The van der Waals surface area contributed by atoms with E-state index in [0.29, 0.717) is 11.6 Å². The largest absolute Gasteiger partial charge is 0.480 e. The SMILES string of the molecule is O=C(O)Cn1ccnc1-c1ncc[nH]1. The van der Waals surface area contributed by atoms with Gasteiger partial charge in [-0.1, -0.05) is 0 Å². The molecule has 0 unspecified atom stereocenters. The maximum Gasteiger partial charge on any atom is 0.323 e. The molecule has 0 bridgehead atoms. The first kappa shape index (κ1) is 8.49. The van der Waals surface area contributed by atoms with Gasteiger partial charge in [0.05, 0.1) is 0 Å². The molecule has 6 heteroatoms. The molecule has 0 aliphatic heterocycles. The Morgan fingerprint density at radius 3 is 3.00 bits per heavy atom. The molecule has 2 N–H and O–H groups in total. The number of carboxylic acid groups (broad SMARTS) is 1. The molecule has 0 fully saturated rings. The van der Waals surface area contributed by atoms with Gasteiger partial charge in [0.15, 0.2) is 11.6 Å². The van der Waals surface area contributed by atoms with Crippen molar-refractivity contribution in [2.24, 2.45) is 0 Å². The lowest BCUT2D eigenvalue weighted by atomic mass is 10.5. The standard InChI is InChI=1S/C8H8N4O2/c13-6(14)5-12-4-3-11-8(12)7-9-1-2-10-7/h1-4H,5H2,(H,9,10)(H,13,14). The molecule has 14 heavy (non-hydrogen) atoms. The van der Waals surface area contributed by atoms with Crippen LogP contribution in [0, 0.1) is 0 Å². The first-order chi connectivity index (χ1) is 6.77. The van der Waals surface area contributed by atoms with Crippen LogP contribution in [0.2, 0.25) is 0 Å². The number of hydrogen-bond donors (Lipinski definition) is 2. The van der Waals surface area contributed by atoms with Crippen LogP contribution in [0.3, 0.4) is 0 Å². The fraction of sp³-hybridized carbons (Fsp3) is 0.125. The number of H-pyrrole nitrogens is 1. The maximum absolute atomic E-state index is 10.5. The summed E-state index contributed by atoms with van der Waals surface area (Å²) in [5.74, 6) is 0.185. The second-order valence-corrected chi connectivity index (χ2v) is 2.71. The second-order valence-electron chi connectivity index (χ2n) is 2.71. The Kier molecular flexibility index (Phi) is 2.02. The fourth-order valence-electron chi connectivity index (χ4n) is 1.19. The summed E-state index contributed by atoms with van der Waals surface area (Å²) >= 11 is 0. The minimum atomic E-state index is -0.907. The van der Waals surface area contributed by atoms with E-state index in [-0.39, 0.29) is 6.54 Å². The first-order valence-corrected chi connectivity index (χ1v) is 4.00. The van der Waals surface area contributed by atoms with Crippen molar-refractivity contribution in [1.82, 2.24) is 19.5 Å². The third kappa shape index (κ3) is 1.49. The van der Waals surface area contributed by atoms with Crippen LogP contribution in [0.4, 0.5) is 0 Å². The number of aromatic nitrogens is 4. The summed E-state index contributed by atoms with van der Waals surface area (Å²) in [7, 11) is 0. The molecule has 72 valence electrons. The second kappa shape index (κ2) is 3.33. The summed E-state index contributed by atoms with van der Waals surface area (Å²) < 4.78 is 1.52. The fourth-order valence-corrected chi connectivity index (χ4v) is 1.19. The molecule has 2 rings (SSSR count). The van der Waals surface area contributed by atoms with Gasteiger partial charge in [-0.15, -0.1) is 0 Å². The van der Waals surface area contributed by atoms with Crippen LogP contribution in [-0.4, -0.2) is 30.6 Å². The van der Waals surface area contributed by atoms with Crippen molar-refractivity contribution in [3.8, 4) is 11.6 Å². The van der Waals surface area contributed by atoms with Gasteiger partial charge in [0.25, 0.3) is 0 Å². The smallest absolute Gasteiger partial charge is 0.323 e. The van der Waals surface area contributed by atoms with E-state index < -0.39 is 5.97 Å². The van der Waals surface area contributed by atoms with Gasteiger partial charge in [0.2, 0.25) is 0 Å². The van der Waals surface area contributed by atoms with Crippen molar-refractivity contribution in [2.45, 2.75) is 6.54 Å². The van der Waals surface area contributed by atoms with E-state index >= 15 is 0 Å². The molecule has 2 heterocycles. The number of aromatic amines is 1. The molecule has 2 aromatic heterocycles. The Hall–Kier alpha value is -2.11. The normalized spacial score (nSPS) is 10.3. The van der Waals surface area contributed by atoms with Gasteiger partial charge < -0.3 is 14.7 Å². The number of carboxylic acids is 1. The number of nitrogens with one attached hydrogen (secondary N) is 1. The molecule has 0 aliphatic carbocycles. The van der Waals surface area contributed by atoms with E-state index in [9.17, 15) is 4.79 Å². The van der Waals surface area contributed by atoms with Gasteiger partial charge in [0.1, 0.15) is 6.54 Å². The highest BCUT2D eigenvalue weighted by Gasteiger charge is 2.09. The minimum absolute atomic E-state index is 0.115. The van der Waals surface area contributed by atoms with Crippen molar-refractivity contribution >= 4 is 5.97 Å². The van der Waals surface area contributed by atoms with Crippen molar-refractivity contribution < 1.29 is 9.90 Å². The molecule has 0 radical (unpaired) electrons. The van der Waals surface area contributed by atoms with Crippen LogP contribution < -0.4 is 0 Å². The highest BCUT2D eigenvalue weighted by atomic mass is 16.4. The van der Waals surface area contributed by atoms with E-state index in [4.69, 9.17) is 5.11 Å². The topological polar surface area (TPSA) is 83.8 Å². The molecule has 0 saturated heterocycles. The quantitative estimate of drug-likeness (QED) is 0.735. The van der Waals surface area contributed by atoms with E-state index in [1.54, 1.807) is 24.8 Å². The first-order valence-electron chi connectivity index (χ1n) is 4.00. The molecular weight excluding hydrogens is 184 g/mol. The number of carbonyl (C=O) groups is 1. The average molecular weight is 192 g/mol. The zero-order valence-corrected chi connectivity index (χ0v) is 7.21. The summed E-state index contributed by atoms with van der Waals surface area (Å²) in [5, 5.41) is 8.63. The highest BCUT2D eigenvalue weighted by molar-refractivity contribution is 5.67. The molecule has 0 spiro atoms. The van der Waals surface area contributed by atoms with Crippen molar-refractivity contribution in [3.05, 3.63) is 24.8 Å². The average Bonchev–Trinajstić information content (AvgIpc) is 2.70. The predicted molar refractivity (Wildman–Crippen MR) is 47.4 cm³/mol. The molecule has 0 amide bonds. The Morgan fingerprint density at radius 2 is 2.36 bits per heavy atom. The highest BCUT2D eigenvalue weighted by Crippen LogP contribution is 2.11. The van der Waals surface area contributed by atoms with E-state index in [1.807, 2.05) is 0 Å². The van der Waals surface area contributed by atoms with Gasteiger partial charge in [-0.05, 0) is 0 Å².